The average molecular weight is 601 g/mol. The first-order valence-corrected chi connectivity index (χ1v) is 13.0. The molecule has 34 heavy (non-hydrogen) atoms. The van der Waals surface area contributed by atoms with Crippen molar-refractivity contribution in [1.82, 2.24) is 20.2 Å². The number of piperidine rings is 1. The third kappa shape index (κ3) is 5.45. The molecule has 11 heteroatoms. The molecule has 2 aromatic heterocycles. The summed E-state index contributed by atoms with van der Waals surface area (Å²) in [5.74, 6) is 0. The summed E-state index contributed by atoms with van der Waals surface area (Å²) in [5, 5.41) is 10.1. The molecular formula is C23H23F3IN5OS. The predicted octanol–water partition coefficient (Wildman–Crippen LogP) is 6.29. The SMILES string of the molecule is Cc1cc(-c2nnc(-c3ccc(I)cc3N3CCC4(CC3)CC4)s2)nc(OCCC(F)(F)F)n1. The van der Waals surface area contributed by atoms with E-state index in [-0.39, 0.29) is 6.01 Å². The summed E-state index contributed by atoms with van der Waals surface area (Å²) in [6.07, 6.45) is -0.164. The van der Waals surface area contributed by atoms with Gasteiger partial charge < -0.3 is 9.64 Å². The van der Waals surface area contributed by atoms with E-state index in [9.17, 15) is 13.2 Å². The van der Waals surface area contributed by atoms with Crippen LogP contribution in [-0.4, -0.2) is 46.0 Å². The van der Waals surface area contributed by atoms with Crippen LogP contribution in [0.1, 0.15) is 37.8 Å². The molecule has 2 fully saturated rings. The van der Waals surface area contributed by atoms with Crippen molar-refractivity contribution in [3.8, 4) is 27.3 Å². The van der Waals surface area contributed by atoms with Gasteiger partial charge in [0, 0.05) is 33.6 Å². The minimum atomic E-state index is -4.29. The lowest BCUT2D eigenvalue weighted by Crippen LogP contribution is -2.34. The lowest BCUT2D eigenvalue weighted by atomic mass is 9.93. The molecule has 5 rings (SSSR count). The Labute approximate surface area is 213 Å². The lowest BCUT2D eigenvalue weighted by molar-refractivity contribution is -0.139. The van der Waals surface area contributed by atoms with Crippen LogP contribution in [0.25, 0.3) is 21.3 Å². The van der Waals surface area contributed by atoms with Crippen LogP contribution in [-0.2, 0) is 0 Å². The number of hydrogen-bond donors (Lipinski definition) is 0. The molecule has 0 N–H and O–H groups in total. The van der Waals surface area contributed by atoms with Crippen molar-refractivity contribution in [2.24, 2.45) is 5.41 Å². The Bertz CT molecular complexity index is 1190. The number of aryl methyl sites for hydroxylation is 1. The first-order chi connectivity index (χ1) is 16.2. The van der Waals surface area contributed by atoms with Gasteiger partial charge in [0.1, 0.15) is 17.3 Å². The molecule has 180 valence electrons. The van der Waals surface area contributed by atoms with Crippen LogP contribution in [0, 0.1) is 15.9 Å². The molecule has 0 atom stereocenters. The van der Waals surface area contributed by atoms with Crippen molar-refractivity contribution in [2.75, 3.05) is 24.6 Å². The number of alkyl halides is 3. The van der Waals surface area contributed by atoms with Gasteiger partial charge in [-0.25, -0.2) is 4.98 Å². The summed E-state index contributed by atoms with van der Waals surface area (Å²) in [5.41, 5.74) is 3.86. The fraction of sp³-hybridized carbons (Fsp3) is 0.478. The van der Waals surface area contributed by atoms with E-state index in [1.54, 1.807) is 13.0 Å². The Kier molecular flexibility index (Phi) is 6.42. The number of hydrogen-bond acceptors (Lipinski definition) is 7. The number of ether oxygens (including phenoxy) is 1. The highest BCUT2D eigenvalue weighted by Crippen LogP contribution is 2.54. The maximum absolute atomic E-state index is 12.4. The van der Waals surface area contributed by atoms with Crippen molar-refractivity contribution < 1.29 is 17.9 Å². The molecule has 2 aliphatic rings. The van der Waals surface area contributed by atoms with Gasteiger partial charge in [0.05, 0.1) is 6.42 Å². The van der Waals surface area contributed by atoms with Crippen LogP contribution >= 0.6 is 33.9 Å². The zero-order valence-corrected chi connectivity index (χ0v) is 21.5. The molecule has 3 aromatic rings. The summed E-state index contributed by atoms with van der Waals surface area (Å²) in [6, 6.07) is 7.99. The van der Waals surface area contributed by atoms with Gasteiger partial charge in [-0.1, -0.05) is 11.3 Å². The predicted molar refractivity (Wildman–Crippen MR) is 133 cm³/mol. The highest BCUT2D eigenvalue weighted by atomic mass is 127. The quantitative estimate of drug-likeness (QED) is 0.310. The molecule has 6 nitrogen and oxygen atoms in total. The summed E-state index contributed by atoms with van der Waals surface area (Å²) in [6.45, 7) is 3.30. The number of anilines is 1. The summed E-state index contributed by atoms with van der Waals surface area (Å²) >= 11 is 3.74. The number of benzene rings is 1. The molecule has 1 aliphatic carbocycles. The zero-order chi connectivity index (χ0) is 23.9. The topological polar surface area (TPSA) is 64.0 Å². The van der Waals surface area contributed by atoms with E-state index in [0.717, 1.165) is 23.7 Å². The van der Waals surface area contributed by atoms with Crippen molar-refractivity contribution in [3.63, 3.8) is 0 Å². The maximum Gasteiger partial charge on any atom is 0.392 e. The van der Waals surface area contributed by atoms with Gasteiger partial charge in [-0.2, -0.15) is 18.2 Å². The van der Waals surface area contributed by atoms with E-state index >= 15 is 0 Å². The largest absolute Gasteiger partial charge is 0.463 e. The van der Waals surface area contributed by atoms with Crippen molar-refractivity contribution in [3.05, 3.63) is 33.5 Å². The van der Waals surface area contributed by atoms with Crippen molar-refractivity contribution in [2.45, 2.75) is 45.2 Å². The van der Waals surface area contributed by atoms with E-state index in [1.165, 1.54) is 46.3 Å². The van der Waals surface area contributed by atoms with Crippen molar-refractivity contribution >= 4 is 39.6 Å². The van der Waals surface area contributed by atoms with E-state index in [1.807, 2.05) is 0 Å². The second-order valence-electron chi connectivity index (χ2n) is 8.95. The normalized spacial score (nSPS) is 17.3. The Morgan fingerprint density at radius 1 is 1.06 bits per heavy atom. The molecule has 0 bridgehead atoms. The minimum absolute atomic E-state index is 0.0896. The monoisotopic (exact) mass is 601 g/mol. The van der Waals surface area contributed by atoms with E-state index in [4.69, 9.17) is 4.74 Å². The molecule has 0 unspecified atom stereocenters. The standard InChI is InChI=1S/C23H23F3IN5OS/c1-14-12-17(29-21(28-14)33-11-8-23(24,25)26)20-31-30-19(34-20)16-3-2-15(27)13-18(16)32-9-6-22(4-5-22)7-10-32/h2-3,12-13H,4-11H2,1H3. The number of nitrogens with zero attached hydrogens (tertiary/aromatic N) is 5. The van der Waals surface area contributed by atoms with Crippen molar-refractivity contribution in [1.29, 1.82) is 0 Å². The second kappa shape index (κ2) is 9.21. The van der Waals surface area contributed by atoms with Gasteiger partial charge in [-0.15, -0.1) is 10.2 Å². The Morgan fingerprint density at radius 2 is 1.79 bits per heavy atom. The molecular weight excluding hydrogens is 578 g/mol. The molecule has 3 heterocycles. The fourth-order valence-electron chi connectivity index (χ4n) is 4.26. The van der Waals surface area contributed by atoms with Crippen LogP contribution in [0.15, 0.2) is 24.3 Å². The third-order valence-electron chi connectivity index (χ3n) is 6.41. The van der Waals surface area contributed by atoms with Crippen LogP contribution < -0.4 is 9.64 Å². The zero-order valence-electron chi connectivity index (χ0n) is 18.5. The molecule has 1 saturated carbocycles. The van der Waals surface area contributed by atoms with Gasteiger partial charge in [0.2, 0.25) is 0 Å². The highest BCUT2D eigenvalue weighted by Gasteiger charge is 2.44. The van der Waals surface area contributed by atoms with E-state index in [2.05, 4.69) is 65.9 Å². The summed E-state index contributed by atoms with van der Waals surface area (Å²) < 4.78 is 43.6. The van der Waals surface area contributed by atoms with Crippen LogP contribution in [0.2, 0.25) is 0 Å². The third-order valence-corrected chi connectivity index (χ3v) is 8.06. The van der Waals surface area contributed by atoms with Crippen LogP contribution in [0.5, 0.6) is 6.01 Å². The molecule has 0 amide bonds. The van der Waals surface area contributed by atoms with Gasteiger partial charge in [-0.05, 0) is 84.9 Å². The Balaban J connectivity index is 1.38. The maximum atomic E-state index is 12.4. The number of halogens is 4. The smallest absolute Gasteiger partial charge is 0.392 e. The Hall–Kier alpha value is -2.02. The van der Waals surface area contributed by atoms with E-state index in [0.29, 0.717) is 21.8 Å². The molecule has 1 aromatic carbocycles. The molecule has 1 saturated heterocycles. The van der Waals surface area contributed by atoms with E-state index < -0.39 is 19.2 Å². The average Bonchev–Trinajstić information content (AvgIpc) is 3.34. The number of rotatable bonds is 6. The molecule has 0 radical (unpaired) electrons. The lowest BCUT2D eigenvalue weighted by Gasteiger charge is -2.34. The van der Waals surface area contributed by atoms with Gasteiger partial charge in [-0.3, -0.25) is 0 Å². The van der Waals surface area contributed by atoms with Gasteiger partial charge in [0.15, 0.2) is 5.01 Å². The fourth-order valence-corrected chi connectivity index (χ4v) is 5.57. The van der Waals surface area contributed by atoms with Crippen LogP contribution in [0.4, 0.5) is 18.9 Å². The molecule has 1 aliphatic heterocycles. The van der Waals surface area contributed by atoms with Gasteiger partial charge >= 0.3 is 12.2 Å². The minimum Gasteiger partial charge on any atom is -0.463 e. The summed E-state index contributed by atoms with van der Waals surface area (Å²) in [7, 11) is 0. The number of aromatic nitrogens is 4. The Morgan fingerprint density at radius 3 is 2.50 bits per heavy atom. The highest BCUT2D eigenvalue weighted by molar-refractivity contribution is 14.1. The van der Waals surface area contributed by atoms with Crippen LogP contribution in [0.3, 0.4) is 0 Å². The molecule has 1 spiro atoms. The van der Waals surface area contributed by atoms with Gasteiger partial charge in [0.25, 0.3) is 0 Å². The first-order valence-electron chi connectivity index (χ1n) is 11.1. The first kappa shape index (κ1) is 23.7. The summed E-state index contributed by atoms with van der Waals surface area (Å²) in [4.78, 5) is 10.8. The second-order valence-corrected chi connectivity index (χ2v) is 11.2.